The highest BCUT2D eigenvalue weighted by molar-refractivity contribution is 6.31. The Labute approximate surface area is 118 Å². The van der Waals surface area contributed by atoms with Crippen molar-refractivity contribution in [3.8, 4) is 5.75 Å². The Morgan fingerprint density at radius 3 is 2.65 bits per heavy atom. The number of nitro groups is 1. The maximum Gasteiger partial charge on any atom is 0.282 e. The molecule has 0 aliphatic carbocycles. The quantitative estimate of drug-likeness (QED) is 0.671. The summed E-state index contributed by atoms with van der Waals surface area (Å²) in [7, 11) is 0. The summed E-state index contributed by atoms with van der Waals surface area (Å²) in [5, 5.41) is 23.1. The highest BCUT2D eigenvalue weighted by Crippen LogP contribution is 2.24. The second kappa shape index (κ2) is 5.58. The number of hydrogen-bond acceptors (Lipinski definition) is 4. The van der Waals surface area contributed by atoms with E-state index in [0.29, 0.717) is 10.7 Å². The molecule has 6 nitrogen and oxygen atoms in total. The van der Waals surface area contributed by atoms with E-state index in [1.54, 1.807) is 18.2 Å². The molecule has 2 rings (SSSR count). The monoisotopic (exact) mass is 292 g/mol. The first kappa shape index (κ1) is 13.8. The van der Waals surface area contributed by atoms with Crippen LogP contribution in [0.15, 0.2) is 42.5 Å². The van der Waals surface area contributed by atoms with Gasteiger partial charge < -0.3 is 10.4 Å². The number of aromatic hydroxyl groups is 1. The highest BCUT2D eigenvalue weighted by atomic mass is 35.5. The lowest BCUT2D eigenvalue weighted by Gasteiger charge is -2.06. The second-order valence-electron chi connectivity index (χ2n) is 3.92. The summed E-state index contributed by atoms with van der Waals surface area (Å²) in [6, 6.07) is 9.63. The number of amides is 1. The van der Waals surface area contributed by atoms with Crippen molar-refractivity contribution in [1.82, 2.24) is 0 Å². The van der Waals surface area contributed by atoms with Crippen molar-refractivity contribution in [2.75, 3.05) is 5.32 Å². The molecule has 0 radical (unpaired) electrons. The molecule has 0 fully saturated rings. The third-order valence-electron chi connectivity index (χ3n) is 2.50. The molecule has 2 aromatic carbocycles. The Morgan fingerprint density at radius 1 is 1.25 bits per heavy atom. The van der Waals surface area contributed by atoms with Gasteiger partial charge in [0.2, 0.25) is 0 Å². The average molecular weight is 293 g/mol. The van der Waals surface area contributed by atoms with Crippen LogP contribution in [0.3, 0.4) is 0 Å². The van der Waals surface area contributed by atoms with Crippen LogP contribution in [0, 0.1) is 10.1 Å². The number of nitrogens with one attached hydrogen (secondary N) is 1. The number of carbonyl (C=O) groups is 1. The van der Waals surface area contributed by atoms with E-state index in [-0.39, 0.29) is 17.0 Å². The van der Waals surface area contributed by atoms with Crippen LogP contribution in [-0.2, 0) is 0 Å². The third-order valence-corrected chi connectivity index (χ3v) is 2.74. The molecule has 0 aromatic heterocycles. The van der Waals surface area contributed by atoms with Gasteiger partial charge in [-0.3, -0.25) is 14.9 Å². The summed E-state index contributed by atoms with van der Waals surface area (Å²) < 4.78 is 0. The fourth-order valence-electron chi connectivity index (χ4n) is 1.63. The van der Waals surface area contributed by atoms with Crippen LogP contribution in [0.5, 0.6) is 5.75 Å². The van der Waals surface area contributed by atoms with Gasteiger partial charge in [-0.05, 0) is 30.3 Å². The molecule has 7 heteroatoms. The zero-order valence-electron chi connectivity index (χ0n) is 10.0. The number of hydrogen-bond donors (Lipinski definition) is 2. The Morgan fingerprint density at radius 2 is 2.00 bits per heavy atom. The lowest BCUT2D eigenvalue weighted by atomic mass is 10.1. The van der Waals surface area contributed by atoms with Crippen molar-refractivity contribution in [2.24, 2.45) is 0 Å². The van der Waals surface area contributed by atoms with E-state index >= 15 is 0 Å². The van der Waals surface area contributed by atoms with Crippen LogP contribution < -0.4 is 5.32 Å². The van der Waals surface area contributed by atoms with Crippen molar-refractivity contribution in [3.63, 3.8) is 0 Å². The van der Waals surface area contributed by atoms with Gasteiger partial charge in [0, 0.05) is 16.8 Å². The molecule has 2 aromatic rings. The maximum atomic E-state index is 12.0. The van der Waals surface area contributed by atoms with Crippen molar-refractivity contribution >= 4 is 28.9 Å². The van der Waals surface area contributed by atoms with Gasteiger partial charge in [-0.1, -0.05) is 17.7 Å². The SMILES string of the molecule is O=C(Nc1cccc(Cl)c1)c1cc(O)ccc1[N+](=O)[O-]. The van der Waals surface area contributed by atoms with Crippen molar-refractivity contribution in [1.29, 1.82) is 0 Å². The van der Waals surface area contributed by atoms with E-state index in [2.05, 4.69) is 5.32 Å². The first-order valence-electron chi connectivity index (χ1n) is 5.51. The Bertz CT molecular complexity index is 688. The normalized spacial score (nSPS) is 10.1. The van der Waals surface area contributed by atoms with Crippen LogP contribution in [0.25, 0.3) is 0 Å². The van der Waals surface area contributed by atoms with Crippen LogP contribution >= 0.6 is 11.6 Å². The summed E-state index contributed by atoms with van der Waals surface area (Å²) in [5.41, 5.74) is -0.211. The predicted octanol–water partition coefficient (Wildman–Crippen LogP) is 3.21. The number of halogens is 1. The topological polar surface area (TPSA) is 92.5 Å². The average Bonchev–Trinajstić information content (AvgIpc) is 2.38. The van der Waals surface area contributed by atoms with E-state index in [4.69, 9.17) is 11.6 Å². The lowest BCUT2D eigenvalue weighted by Crippen LogP contribution is -2.13. The number of phenols is 1. The van der Waals surface area contributed by atoms with Crippen molar-refractivity contribution in [2.45, 2.75) is 0 Å². The number of nitrogens with zero attached hydrogens (tertiary/aromatic N) is 1. The molecule has 1 amide bonds. The van der Waals surface area contributed by atoms with Crippen LogP contribution in [-0.4, -0.2) is 15.9 Å². The molecular weight excluding hydrogens is 284 g/mol. The molecule has 0 bridgehead atoms. The van der Waals surface area contributed by atoms with Gasteiger partial charge >= 0.3 is 0 Å². The molecule has 20 heavy (non-hydrogen) atoms. The Kier molecular flexibility index (Phi) is 3.86. The zero-order valence-corrected chi connectivity index (χ0v) is 10.8. The highest BCUT2D eigenvalue weighted by Gasteiger charge is 2.20. The number of phenolic OH excluding ortho intramolecular Hbond substituents is 1. The molecule has 0 saturated carbocycles. The standard InChI is InChI=1S/C13H9ClN2O4/c14-8-2-1-3-9(6-8)15-13(18)11-7-10(17)4-5-12(11)16(19)20/h1-7,17H,(H,15,18). The van der Waals surface area contributed by atoms with Crippen LogP contribution in [0.2, 0.25) is 5.02 Å². The van der Waals surface area contributed by atoms with E-state index in [1.165, 1.54) is 6.07 Å². The lowest BCUT2D eigenvalue weighted by molar-refractivity contribution is -0.385. The Hall–Kier alpha value is -2.60. The van der Waals surface area contributed by atoms with Crippen molar-refractivity contribution in [3.05, 3.63) is 63.2 Å². The minimum Gasteiger partial charge on any atom is -0.508 e. The molecule has 0 aliphatic rings. The first-order chi connectivity index (χ1) is 9.47. The first-order valence-corrected chi connectivity index (χ1v) is 5.89. The number of anilines is 1. The molecular formula is C13H9ClN2O4. The van der Waals surface area contributed by atoms with E-state index in [1.807, 2.05) is 0 Å². The minimum absolute atomic E-state index is 0.227. The van der Waals surface area contributed by atoms with Gasteiger partial charge in [0.1, 0.15) is 11.3 Å². The van der Waals surface area contributed by atoms with E-state index < -0.39 is 10.8 Å². The zero-order chi connectivity index (χ0) is 14.7. The second-order valence-corrected chi connectivity index (χ2v) is 4.36. The molecule has 0 spiro atoms. The number of rotatable bonds is 3. The summed E-state index contributed by atoms with van der Waals surface area (Å²) >= 11 is 5.78. The number of carbonyl (C=O) groups excluding carboxylic acids is 1. The Balaban J connectivity index is 2.34. The molecule has 0 heterocycles. The minimum atomic E-state index is -0.699. The summed E-state index contributed by atoms with van der Waals surface area (Å²) in [4.78, 5) is 22.2. The van der Waals surface area contributed by atoms with Gasteiger partial charge in [-0.2, -0.15) is 0 Å². The van der Waals surface area contributed by atoms with Crippen LogP contribution in [0.1, 0.15) is 10.4 Å². The van der Waals surface area contributed by atoms with Gasteiger partial charge in [-0.15, -0.1) is 0 Å². The third kappa shape index (κ3) is 3.04. The van der Waals surface area contributed by atoms with E-state index in [9.17, 15) is 20.0 Å². The van der Waals surface area contributed by atoms with Crippen molar-refractivity contribution < 1.29 is 14.8 Å². The fourth-order valence-corrected chi connectivity index (χ4v) is 1.82. The predicted molar refractivity (Wildman–Crippen MR) is 74.2 cm³/mol. The fraction of sp³-hybridized carbons (Fsp3) is 0. The molecule has 2 N–H and O–H groups in total. The molecule has 0 saturated heterocycles. The molecule has 0 aliphatic heterocycles. The van der Waals surface area contributed by atoms with E-state index in [0.717, 1.165) is 18.2 Å². The maximum absolute atomic E-state index is 12.0. The van der Waals surface area contributed by atoms with Gasteiger partial charge in [-0.25, -0.2) is 0 Å². The van der Waals surface area contributed by atoms with Gasteiger partial charge in [0.15, 0.2) is 0 Å². The largest absolute Gasteiger partial charge is 0.508 e. The summed E-state index contributed by atoms with van der Waals surface area (Å²) in [6.45, 7) is 0. The molecule has 102 valence electrons. The summed E-state index contributed by atoms with van der Waals surface area (Å²) in [6.07, 6.45) is 0. The summed E-state index contributed by atoms with van der Waals surface area (Å²) in [5.74, 6) is -0.929. The number of nitro benzene ring substituents is 1. The molecule has 0 unspecified atom stereocenters. The smallest absolute Gasteiger partial charge is 0.282 e. The number of benzene rings is 2. The molecule has 0 atom stereocenters. The van der Waals surface area contributed by atoms with Gasteiger partial charge in [0.05, 0.1) is 4.92 Å². The van der Waals surface area contributed by atoms with Gasteiger partial charge in [0.25, 0.3) is 11.6 Å². The van der Waals surface area contributed by atoms with Crippen LogP contribution in [0.4, 0.5) is 11.4 Å².